The van der Waals surface area contributed by atoms with Crippen LogP contribution in [-0.2, 0) is 11.2 Å². The molecule has 0 radical (unpaired) electrons. The maximum Gasteiger partial charge on any atom is 0.317 e. The second-order valence-corrected chi connectivity index (χ2v) is 7.91. The topological polar surface area (TPSA) is 54.5 Å². The summed E-state index contributed by atoms with van der Waals surface area (Å²) in [7, 11) is 3.65. The zero-order valence-electron chi connectivity index (χ0n) is 14.3. The Kier molecular flexibility index (Phi) is 5.21. The average Bonchev–Trinajstić information content (AvgIpc) is 2.94. The fourth-order valence-corrected chi connectivity index (χ4v) is 4.99. The molecule has 0 bridgehead atoms. The zero-order chi connectivity index (χ0) is 16.4. The summed E-state index contributed by atoms with van der Waals surface area (Å²) in [6, 6.07) is 0.312. The van der Waals surface area contributed by atoms with Crippen molar-refractivity contribution in [3.63, 3.8) is 0 Å². The van der Waals surface area contributed by atoms with Gasteiger partial charge in [-0.1, -0.05) is 12.8 Å². The Morgan fingerprint density at radius 2 is 2.09 bits per heavy atom. The molecule has 0 spiro atoms. The van der Waals surface area contributed by atoms with Crippen LogP contribution in [0.5, 0.6) is 0 Å². The van der Waals surface area contributed by atoms with Gasteiger partial charge >= 0.3 is 6.03 Å². The molecule has 1 aromatic heterocycles. The van der Waals surface area contributed by atoms with Crippen molar-refractivity contribution in [2.45, 2.75) is 70.1 Å². The molecule has 1 heterocycles. The van der Waals surface area contributed by atoms with E-state index in [9.17, 15) is 4.79 Å². The Hall–Kier alpha value is -1.14. The van der Waals surface area contributed by atoms with Gasteiger partial charge in [0.1, 0.15) is 0 Å². The molecule has 6 heteroatoms. The van der Waals surface area contributed by atoms with E-state index in [1.807, 2.05) is 18.9 Å². The molecule has 3 unspecified atom stereocenters. The molecule has 0 aromatic carbocycles. The minimum Gasteiger partial charge on any atom is -0.379 e. The van der Waals surface area contributed by atoms with Gasteiger partial charge < -0.3 is 15.0 Å². The van der Waals surface area contributed by atoms with Crippen LogP contribution in [0.25, 0.3) is 0 Å². The van der Waals surface area contributed by atoms with E-state index in [2.05, 4.69) is 10.3 Å². The van der Waals surface area contributed by atoms with Crippen molar-refractivity contribution < 1.29 is 9.53 Å². The van der Waals surface area contributed by atoms with Crippen molar-refractivity contribution in [1.82, 2.24) is 15.2 Å². The molecule has 3 atom stereocenters. The van der Waals surface area contributed by atoms with Gasteiger partial charge in [-0.3, -0.25) is 0 Å². The maximum atomic E-state index is 12.7. The Labute approximate surface area is 142 Å². The van der Waals surface area contributed by atoms with Crippen LogP contribution in [0.4, 0.5) is 4.79 Å². The van der Waals surface area contributed by atoms with Crippen molar-refractivity contribution in [1.29, 1.82) is 0 Å². The van der Waals surface area contributed by atoms with Gasteiger partial charge in [0.15, 0.2) is 0 Å². The number of urea groups is 1. The number of carbonyl (C=O) groups is 1. The third-order valence-electron chi connectivity index (χ3n) is 5.13. The van der Waals surface area contributed by atoms with Crippen LogP contribution in [0.1, 0.15) is 60.1 Å². The monoisotopic (exact) mass is 337 g/mol. The SMILES string of the molecule is COC1CCCCC1NC(=O)N(C)C1CCCc2nc(C)sc21. The molecule has 1 aromatic rings. The van der Waals surface area contributed by atoms with Crippen LogP contribution >= 0.6 is 11.3 Å². The lowest BCUT2D eigenvalue weighted by Gasteiger charge is -2.35. The highest BCUT2D eigenvalue weighted by Crippen LogP contribution is 2.37. The highest BCUT2D eigenvalue weighted by Gasteiger charge is 2.32. The van der Waals surface area contributed by atoms with Crippen molar-refractivity contribution in [2.24, 2.45) is 0 Å². The van der Waals surface area contributed by atoms with Crippen LogP contribution in [0.15, 0.2) is 0 Å². The standard InChI is InChI=1S/C17H27N3O2S/c1-11-18-13-8-6-9-14(16(13)23-11)20(2)17(21)19-12-7-4-5-10-15(12)22-3/h12,14-15H,4-10H2,1-3H3,(H,19,21). The molecular formula is C17H27N3O2S. The Bertz CT molecular complexity index is 560. The molecule has 1 saturated carbocycles. The normalized spacial score (nSPS) is 27.3. The number of rotatable bonds is 3. The molecule has 0 saturated heterocycles. The predicted octanol–water partition coefficient (Wildman–Crippen LogP) is 3.43. The summed E-state index contributed by atoms with van der Waals surface area (Å²) in [6.07, 6.45) is 7.71. The maximum absolute atomic E-state index is 12.7. The first-order valence-corrected chi connectivity index (χ1v) is 9.44. The second-order valence-electron chi connectivity index (χ2n) is 6.68. The van der Waals surface area contributed by atoms with E-state index in [0.717, 1.165) is 43.5 Å². The lowest BCUT2D eigenvalue weighted by molar-refractivity contribution is 0.0426. The van der Waals surface area contributed by atoms with E-state index in [0.29, 0.717) is 0 Å². The molecule has 3 rings (SSSR count). The number of hydrogen-bond acceptors (Lipinski definition) is 4. The first kappa shape index (κ1) is 16.7. The van der Waals surface area contributed by atoms with Crippen LogP contribution in [-0.4, -0.2) is 42.2 Å². The first-order valence-electron chi connectivity index (χ1n) is 8.62. The second kappa shape index (κ2) is 7.18. The number of aryl methyl sites for hydroxylation is 2. The molecule has 23 heavy (non-hydrogen) atoms. The quantitative estimate of drug-likeness (QED) is 0.919. The third-order valence-corrected chi connectivity index (χ3v) is 6.24. The molecule has 1 fully saturated rings. The number of nitrogens with one attached hydrogen (secondary N) is 1. The summed E-state index contributed by atoms with van der Waals surface area (Å²) in [5, 5.41) is 4.30. The third kappa shape index (κ3) is 3.53. The van der Waals surface area contributed by atoms with Crippen LogP contribution in [0, 0.1) is 6.92 Å². The van der Waals surface area contributed by atoms with Crippen LogP contribution < -0.4 is 5.32 Å². The highest BCUT2D eigenvalue weighted by atomic mass is 32.1. The lowest BCUT2D eigenvalue weighted by Crippen LogP contribution is -2.50. The molecule has 1 N–H and O–H groups in total. The fraction of sp³-hybridized carbons (Fsp3) is 0.765. The summed E-state index contributed by atoms with van der Waals surface area (Å²) in [4.78, 5) is 20.5. The van der Waals surface area contributed by atoms with Gasteiger partial charge in [-0.25, -0.2) is 9.78 Å². The van der Waals surface area contributed by atoms with E-state index in [-0.39, 0.29) is 24.2 Å². The van der Waals surface area contributed by atoms with E-state index in [1.54, 1.807) is 18.4 Å². The number of aromatic nitrogens is 1. The van der Waals surface area contributed by atoms with E-state index in [4.69, 9.17) is 4.74 Å². The molecule has 2 aliphatic rings. The summed E-state index contributed by atoms with van der Waals surface area (Å²) in [5.41, 5.74) is 1.19. The summed E-state index contributed by atoms with van der Waals surface area (Å²) >= 11 is 1.74. The van der Waals surface area contributed by atoms with Gasteiger partial charge in [0, 0.05) is 14.2 Å². The van der Waals surface area contributed by atoms with Crippen molar-refractivity contribution in [3.8, 4) is 0 Å². The van der Waals surface area contributed by atoms with Gasteiger partial charge in [0.25, 0.3) is 0 Å². The van der Waals surface area contributed by atoms with Crippen LogP contribution in [0.3, 0.4) is 0 Å². The van der Waals surface area contributed by atoms with Crippen molar-refractivity contribution >= 4 is 17.4 Å². The van der Waals surface area contributed by atoms with Gasteiger partial charge in [-0.15, -0.1) is 11.3 Å². The summed E-state index contributed by atoms with van der Waals surface area (Å²) < 4.78 is 5.55. The molecule has 5 nitrogen and oxygen atoms in total. The molecular weight excluding hydrogens is 310 g/mol. The van der Waals surface area contributed by atoms with Gasteiger partial charge in [0.2, 0.25) is 0 Å². The largest absolute Gasteiger partial charge is 0.379 e. The molecule has 128 valence electrons. The molecule has 2 aliphatic carbocycles. The van der Waals surface area contributed by atoms with Gasteiger partial charge in [-0.05, 0) is 39.0 Å². The number of methoxy groups -OCH3 is 1. The minimum absolute atomic E-state index is 0.0165. The van der Waals surface area contributed by atoms with Gasteiger partial charge in [0.05, 0.1) is 33.8 Å². The molecule has 2 amide bonds. The number of amides is 2. The van der Waals surface area contributed by atoms with Gasteiger partial charge in [-0.2, -0.15) is 0 Å². The number of carbonyl (C=O) groups excluding carboxylic acids is 1. The highest BCUT2D eigenvalue weighted by molar-refractivity contribution is 7.11. The number of hydrogen-bond donors (Lipinski definition) is 1. The van der Waals surface area contributed by atoms with Crippen molar-refractivity contribution in [2.75, 3.05) is 14.2 Å². The molecule has 0 aliphatic heterocycles. The van der Waals surface area contributed by atoms with E-state index in [1.165, 1.54) is 17.0 Å². The van der Waals surface area contributed by atoms with Crippen molar-refractivity contribution in [3.05, 3.63) is 15.6 Å². The predicted molar refractivity (Wildman–Crippen MR) is 91.9 cm³/mol. The Balaban J connectivity index is 1.68. The lowest BCUT2D eigenvalue weighted by atomic mass is 9.92. The summed E-state index contributed by atoms with van der Waals surface area (Å²) in [6.45, 7) is 2.05. The number of ether oxygens (including phenoxy) is 1. The fourth-order valence-electron chi connectivity index (χ4n) is 3.83. The Morgan fingerprint density at radius 3 is 2.87 bits per heavy atom. The summed E-state index contributed by atoms with van der Waals surface area (Å²) in [5.74, 6) is 0. The smallest absolute Gasteiger partial charge is 0.317 e. The van der Waals surface area contributed by atoms with Crippen LogP contribution in [0.2, 0.25) is 0 Å². The Morgan fingerprint density at radius 1 is 1.30 bits per heavy atom. The first-order chi connectivity index (χ1) is 11.1. The van der Waals surface area contributed by atoms with E-state index >= 15 is 0 Å². The average molecular weight is 337 g/mol. The minimum atomic E-state index is 0.0165. The zero-order valence-corrected chi connectivity index (χ0v) is 15.1. The number of nitrogens with zero attached hydrogens (tertiary/aromatic N) is 2. The number of fused-ring (bicyclic) bond motifs is 1. The van der Waals surface area contributed by atoms with E-state index < -0.39 is 0 Å². The number of thiazole rings is 1.